The molecule has 0 aliphatic carbocycles. The fourth-order valence-electron chi connectivity index (χ4n) is 2.07. The molecule has 6 nitrogen and oxygen atoms in total. The van der Waals surface area contributed by atoms with Crippen molar-refractivity contribution in [2.75, 3.05) is 20.3 Å². The lowest BCUT2D eigenvalue weighted by Crippen LogP contribution is -2.40. The van der Waals surface area contributed by atoms with Crippen molar-refractivity contribution < 1.29 is 19.4 Å². The number of aromatic nitrogens is 1. The van der Waals surface area contributed by atoms with Crippen molar-refractivity contribution in [3.63, 3.8) is 0 Å². The minimum absolute atomic E-state index is 0.0743. The van der Waals surface area contributed by atoms with Crippen LogP contribution >= 0.6 is 0 Å². The minimum Gasteiger partial charge on any atom is -0.478 e. The summed E-state index contributed by atoms with van der Waals surface area (Å²) >= 11 is 0. The molecule has 0 unspecified atom stereocenters. The van der Waals surface area contributed by atoms with E-state index in [0.717, 1.165) is 12.8 Å². The van der Waals surface area contributed by atoms with Gasteiger partial charge < -0.3 is 14.7 Å². The van der Waals surface area contributed by atoms with Crippen LogP contribution in [0.1, 0.15) is 33.7 Å². The van der Waals surface area contributed by atoms with Crippen LogP contribution in [0, 0.1) is 0 Å². The van der Waals surface area contributed by atoms with Crippen LogP contribution in [0.3, 0.4) is 0 Å². The topological polar surface area (TPSA) is 79.7 Å². The minimum atomic E-state index is -1.05. The predicted molar refractivity (Wildman–Crippen MR) is 67.1 cm³/mol. The lowest BCUT2D eigenvalue weighted by atomic mass is 10.1. The van der Waals surface area contributed by atoms with Gasteiger partial charge in [-0.1, -0.05) is 0 Å². The summed E-state index contributed by atoms with van der Waals surface area (Å²) in [5.74, 6) is -1.24. The van der Waals surface area contributed by atoms with Gasteiger partial charge in [0.2, 0.25) is 0 Å². The highest BCUT2D eigenvalue weighted by Gasteiger charge is 2.24. The summed E-state index contributed by atoms with van der Waals surface area (Å²) in [6, 6.07) is 2.99. The lowest BCUT2D eigenvalue weighted by molar-refractivity contribution is 0.0358. The van der Waals surface area contributed by atoms with Crippen LogP contribution in [0.2, 0.25) is 0 Å². The Morgan fingerprint density at radius 2 is 2.05 bits per heavy atom. The Morgan fingerprint density at radius 3 is 2.58 bits per heavy atom. The maximum absolute atomic E-state index is 12.2. The Kier molecular flexibility index (Phi) is 4.11. The molecule has 0 spiro atoms. The molecule has 1 aromatic heterocycles. The van der Waals surface area contributed by atoms with Gasteiger partial charge in [-0.2, -0.15) is 0 Å². The molecule has 0 atom stereocenters. The van der Waals surface area contributed by atoms with E-state index in [-0.39, 0.29) is 23.2 Å². The van der Waals surface area contributed by atoms with E-state index in [1.807, 2.05) is 0 Å². The first-order chi connectivity index (χ1) is 9.09. The fourth-order valence-corrected chi connectivity index (χ4v) is 2.07. The molecule has 2 heterocycles. The Morgan fingerprint density at radius 1 is 1.37 bits per heavy atom. The van der Waals surface area contributed by atoms with E-state index in [1.54, 1.807) is 11.9 Å². The average Bonchev–Trinajstić information content (AvgIpc) is 2.46. The maximum Gasteiger partial charge on any atom is 0.337 e. The molecule has 6 heteroatoms. The van der Waals surface area contributed by atoms with Gasteiger partial charge in [0.15, 0.2) is 0 Å². The molecule has 0 bridgehead atoms. The van der Waals surface area contributed by atoms with Crippen molar-refractivity contribution in [2.24, 2.45) is 0 Å². The number of ether oxygens (including phenoxy) is 1. The van der Waals surface area contributed by atoms with Crippen molar-refractivity contribution in [3.05, 3.63) is 29.6 Å². The van der Waals surface area contributed by atoms with Gasteiger partial charge in [-0.15, -0.1) is 0 Å². The summed E-state index contributed by atoms with van der Waals surface area (Å²) in [6.07, 6.45) is 2.83. The molecule has 1 aromatic rings. The lowest BCUT2D eigenvalue weighted by Gasteiger charge is -2.30. The normalized spacial score (nSPS) is 16.1. The largest absolute Gasteiger partial charge is 0.478 e. The van der Waals surface area contributed by atoms with Crippen molar-refractivity contribution in [2.45, 2.75) is 18.9 Å². The molecule has 0 saturated carbocycles. The Labute approximate surface area is 111 Å². The van der Waals surface area contributed by atoms with Crippen LogP contribution in [0.4, 0.5) is 0 Å². The number of carbonyl (C=O) groups is 2. The molecule has 1 amide bonds. The third kappa shape index (κ3) is 3.08. The SMILES string of the molecule is CN(C(=O)c1ccc(C(=O)O)cn1)C1CCOCC1. The molecular weight excluding hydrogens is 248 g/mol. The number of aromatic carboxylic acids is 1. The predicted octanol–water partition coefficient (Wildman–Crippen LogP) is 1.03. The average molecular weight is 264 g/mol. The Bertz CT molecular complexity index is 466. The molecule has 0 radical (unpaired) electrons. The number of hydrogen-bond donors (Lipinski definition) is 1. The van der Waals surface area contributed by atoms with E-state index >= 15 is 0 Å². The maximum atomic E-state index is 12.2. The van der Waals surface area contributed by atoms with Crippen LogP contribution < -0.4 is 0 Å². The zero-order valence-corrected chi connectivity index (χ0v) is 10.7. The molecule has 1 saturated heterocycles. The van der Waals surface area contributed by atoms with Gasteiger partial charge in [0, 0.05) is 32.5 Å². The van der Waals surface area contributed by atoms with E-state index in [9.17, 15) is 9.59 Å². The number of rotatable bonds is 3. The fraction of sp³-hybridized carbons (Fsp3) is 0.462. The van der Waals surface area contributed by atoms with E-state index < -0.39 is 5.97 Å². The molecule has 102 valence electrons. The van der Waals surface area contributed by atoms with Gasteiger partial charge in [0.25, 0.3) is 5.91 Å². The third-order valence-corrected chi connectivity index (χ3v) is 3.29. The Hall–Kier alpha value is -1.95. The number of carboxylic acid groups (broad SMARTS) is 1. The van der Waals surface area contributed by atoms with Crippen molar-refractivity contribution in [1.82, 2.24) is 9.88 Å². The molecule has 19 heavy (non-hydrogen) atoms. The summed E-state index contributed by atoms with van der Waals surface area (Å²) in [4.78, 5) is 28.5. The zero-order chi connectivity index (χ0) is 13.8. The van der Waals surface area contributed by atoms with Crippen LogP contribution in [0.15, 0.2) is 18.3 Å². The Balaban J connectivity index is 2.07. The van der Waals surface area contributed by atoms with Crippen LogP contribution in [-0.2, 0) is 4.74 Å². The van der Waals surface area contributed by atoms with E-state index in [1.165, 1.54) is 18.3 Å². The second kappa shape index (κ2) is 5.79. The summed E-state index contributed by atoms with van der Waals surface area (Å²) in [5, 5.41) is 8.78. The van der Waals surface area contributed by atoms with Crippen molar-refractivity contribution >= 4 is 11.9 Å². The van der Waals surface area contributed by atoms with Gasteiger partial charge in [0.05, 0.1) is 5.56 Å². The number of amides is 1. The molecule has 1 aliphatic heterocycles. The van der Waals surface area contributed by atoms with Gasteiger partial charge >= 0.3 is 5.97 Å². The monoisotopic (exact) mass is 264 g/mol. The van der Waals surface area contributed by atoms with Gasteiger partial charge in [-0.05, 0) is 25.0 Å². The number of carboxylic acids is 1. The van der Waals surface area contributed by atoms with Gasteiger partial charge in [-0.3, -0.25) is 9.78 Å². The molecular formula is C13H16N2O4. The number of carbonyl (C=O) groups excluding carboxylic acids is 1. The quantitative estimate of drug-likeness (QED) is 0.882. The molecule has 1 aliphatic rings. The first-order valence-electron chi connectivity index (χ1n) is 6.14. The summed E-state index contributed by atoms with van der Waals surface area (Å²) in [7, 11) is 1.74. The summed E-state index contributed by atoms with van der Waals surface area (Å²) in [5.41, 5.74) is 0.337. The standard InChI is InChI=1S/C13H16N2O4/c1-15(10-4-6-19-7-5-10)12(16)11-3-2-9(8-14-11)13(17)18/h2-3,8,10H,4-7H2,1H3,(H,17,18). The van der Waals surface area contributed by atoms with Crippen LogP contribution in [0.5, 0.6) is 0 Å². The van der Waals surface area contributed by atoms with E-state index in [0.29, 0.717) is 13.2 Å². The summed E-state index contributed by atoms with van der Waals surface area (Å²) < 4.78 is 5.26. The van der Waals surface area contributed by atoms with Crippen LogP contribution in [-0.4, -0.2) is 53.2 Å². The highest BCUT2D eigenvalue weighted by Crippen LogP contribution is 2.15. The molecule has 1 N–H and O–H groups in total. The van der Waals surface area contributed by atoms with E-state index in [2.05, 4.69) is 4.98 Å². The number of pyridine rings is 1. The highest BCUT2D eigenvalue weighted by molar-refractivity contribution is 5.93. The molecule has 0 aromatic carbocycles. The van der Waals surface area contributed by atoms with Gasteiger partial charge in [-0.25, -0.2) is 4.79 Å². The van der Waals surface area contributed by atoms with E-state index in [4.69, 9.17) is 9.84 Å². The van der Waals surface area contributed by atoms with Gasteiger partial charge in [0.1, 0.15) is 5.69 Å². The second-order valence-electron chi connectivity index (χ2n) is 4.50. The van der Waals surface area contributed by atoms with Crippen LogP contribution in [0.25, 0.3) is 0 Å². The smallest absolute Gasteiger partial charge is 0.337 e. The molecule has 2 rings (SSSR count). The highest BCUT2D eigenvalue weighted by atomic mass is 16.5. The first kappa shape index (κ1) is 13.5. The summed E-state index contributed by atoms with van der Waals surface area (Å²) in [6.45, 7) is 1.32. The molecule has 1 fully saturated rings. The zero-order valence-electron chi connectivity index (χ0n) is 10.7. The first-order valence-corrected chi connectivity index (χ1v) is 6.14. The third-order valence-electron chi connectivity index (χ3n) is 3.29. The van der Waals surface area contributed by atoms with Crippen molar-refractivity contribution in [1.29, 1.82) is 0 Å². The second-order valence-corrected chi connectivity index (χ2v) is 4.50. The number of hydrogen-bond acceptors (Lipinski definition) is 4. The number of nitrogens with zero attached hydrogens (tertiary/aromatic N) is 2. The van der Waals surface area contributed by atoms with Crippen molar-refractivity contribution in [3.8, 4) is 0 Å².